The first-order chi connectivity index (χ1) is 15.8. The molecule has 176 valence electrons. The van der Waals surface area contributed by atoms with E-state index in [1.54, 1.807) is 18.0 Å². The largest absolute Gasteiger partial charge is 0.489 e. The van der Waals surface area contributed by atoms with Gasteiger partial charge in [-0.1, -0.05) is 37.6 Å². The summed E-state index contributed by atoms with van der Waals surface area (Å²) in [4.78, 5) is 25.3. The van der Waals surface area contributed by atoms with Crippen molar-refractivity contribution in [3.63, 3.8) is 0 Å². The maximum atomic E-state index is 12.9. The minimum atomic E-state index is -0.811. The molecule has 0 fully saturated rings. The molecule has 0 bridgehead atoms. The van der Waals surface area contributed by atoms with Crippen molar-refractivity contribution in [1.29, 1.82) is 0 Å². The molecule has 0 aliphatic rings. The monoisotopic (exact) mass is 451 g/mol. The summed E-state index contributed by atoms with van der Waals surface area (Å²) in [6, 6.07) is 15.0. The Bertz CT molecular complexity index is 1110. The molecule has 0 spiro atoms. The van der Waals surface area contributed by atoms with Gasteiger partial charge < -0.3 is 19.2 Å². The Kier molecular flexibility index (Phi) is 9.73. The predicted molar refractivity (Wildman–Crippen MR) is 131 cm³/mol. The van der Waals surface area contributed by atoms with E-state index in [2.05, 4.69) is 0 Å². The van der Waals surface area contributed by atoms with Crippen LogP contribution in [0.25, 0.3) is 11.0 Å². The third kappa shape index (κ3) is 7.52. The number of carbonyl (C=O) groups is 2. The number of amides is 1. The molecule has 2 aromatic carbocycles. The highest BCUT2D eigenvalue weighted by atomic mass is 16.5. The average Bonchev–Trinajstić information content (AvgIpc) is 3.18. The lowest BCUT2D eigenvalue weighted by atomic mass is 10.1. The fraction of sp³-hybridized carbons (Fsp3) is 0.333. The second kappa shape index (κ2) is 12.5. The third-order valence-corrected chi connectivity index (χ3v) is 5.02. The molecule has 0 atom stereocenters. The normalized spacial score (nSPS) is 11.0. The highest BCUT2D eigenvalue weighted by molar-refractivity contribution is 5.97. The third-order valence-electron chi connectivity index (χ3n) is 5.02. The Morgan fingerprint density at radius 2 is 1.82 bits per heavy atom. The predicted octanol–water partition coefficient (Wildman–Crippen LogP) is 6.23. The summed E-state index contributed by atoms with van der Waals surface area (Å²) in [6.07, 6.45) is 2.49. The van der Waals surface area contributed by atoms with Crippen LogP contribution >= 0.6 is 0 Å². The number of aliphatic carboxylic acids is 1. The highest BCUT2D eigenvalue weighted by Gasteiger charge is 2.15. The molecule has 0 aliphatic carbocycles. The van der Waals surface area contributed by atoms with Gasteiger partial charge in [-0.3, -0.25) is 9.59 Å². The van der Waals surface area contributed by atoms with Gasteiger partial charge in [0.1, 0.15) is 23.7 Å². The standard InChI is InChI=1S/C25H27NO5.C2H6/c1-17(8-11-24(27)28)12-13-30-22-7-5-4-6-20(22)16-26(3)25(29)19-9-10-23-21(15-19)14-18(2)31-23;1-2/h4-7,9-10,12,14-15H,8,11,13,16H2,1-3H3,(H,27,28);1-2H3/b17-12+;. The van der Waals surface area contributed by atoms with Crippen LogP contribution in [-0.4, -0.2) is 35.5 Å². The summed E-state index contributed by atoms with van der Waals surface area (Å²) in [5, 5.41) is 9.68. The van der Waals surface area contributed by atoms with E-state index in [1.807, 2.05) is 76.2 Å². The number of aryl methyl sites for hydroxylation is 1. The van der Waals surface area contributed by atoms with Crippen molar-refractivity contribution in [2.75, 3.05) is 13.7 Å². The van der Waals surface area contributed by atoms with Gasteiger partial charge in [-0.05, 0) is 56.7 Å². The van der Waals surface area contributed by atoms with Crippen LogP contribution in [0.5, 0.6) is 5.75 Å². The highest BCUT2D eigenvalue weighted by Crippen LogP contribution is 2.23. The van der Waals surface area contributed by atoms with Gasteiger partial charge in [-0.25, -0.2) is 0 Å². The van der Waals surface area contributed by atoms with Gasteiger partial charge in [-0.15, -0.1) is 0 Å². The van der Waals surface area contributed by atoms with E-state index in [-0.39, 0.29) is 12.3 Å². The molecule has 1 heterocycles. The van der Waals surface area contributed by atoms with E-state index in [9.17, 15) is 9.59 Å². The van der Waals surface area contributed by atoms with Gasteiger partial charge in [0.15, 0.2) is 0 Å². The summed E-state index contributed by atoms with van der Waals surface area (Å²) in [6.45, 7) is 8.52. The SMILES string of the molecule is C/C(=C\COc1ccccc1CN(C)C(=O)c1ccc2oc(C)cc2c1)CCC(=O)O.CC. The summed E-state index contributed by atoms with van der Waals surface area (Å²) >= 11 is 0. The summed E-state index contributed by atoms with van der Waals surface area (Å²) in [7, 11) is 1.76. The van der Waals surface area contributed by atoms with Crippen LogP contribution in [0.1, 0.15) is 55.3 Å². The number of carboxylic acid groups (broad SMARTS) is 1. The number of furan rings is 1. The zero-order valence-electron chi connectivity index (χ0n) is 20.1. The molecule has 1 aromatic heterocycles. The minimum Gasteiger partial charge on any atom is -0.489 e. The zero-order chi connectivity index (χ0) is 24.4. The fourth-order valence-electron chi connectivity index (χ4n) is 3.31. The molecule has 3 rings (SSSR count). The Morgan fingerprint density at radius 1 is 1.09 bits per heavy atom. The first-order valence-corrected chi connectivity index (χ1v) is 11.2. The molecule has 0 radical (unpaired) electrons. The van der Waals surface area contributed by atoms with E-state index in [0.717, 1.165) is 27.9 Å². The van der Waals surface area contributed by atoms with Crippen LogP contribution in [0.2, 0.25) is 0 Å². The molecule has 6 nitrogen and oxygen atoms in total. The van der Waals surface area contributed by atoms with Crippen molar-refractivity contribution in [2.24, 2.45) is 0 Å². The van der Waals surface area contributed by atoms with Crippen molar-refractivity contribution in [3.8, 4) is 5.75 Å². The average molecular weight is 452 g/mol. The number of carbonyl (C=O) groups excluding carboxylic acids is 1. The molecule has 33 heavy (non-hydrogen) atoms. The first-order valence-electron chi connectivity index (χ1n) is 11.2. The molecule has 0 saturated carbocycles. The number of allylic oxidation sites excluding steroid dienone is 1. The van der Waals surface area contributed by atoms with Crippen LogP contribution in [0.4, 0.5) is 0 Å². The van der Waals surface area contributed by atoms with Gasteiger partial charge in [0.05, 0.1) is 0 Å². The number of hydrogen-bond acceptors (Lipinski definition) is 4. The molecule has 1 amide bonds. The maximum absolute atomic E-state index is 12.9. The minimum absolute atomic E-state index is 0.0834. The van der Waals surface area contributed by atoms with E-state index in [1.165, 1.54) is 0 Å². The van der Waals surface area contributed by atoms with Crippen LogP contribution in [0.15, 0.2) is 64.6 Å². The molecular formula is C27H33NO5. The van der Waals surface area contributed by atoms with E-state index < -0.39 is 5.97 Å². The Labute approximate surface area is 195 Å². The van der Waals surface area contributed by atoms with Crippen LogP contribution in [-0.2, 0) is 11.3 Å². The number of ether oxygens (including phenoxy) is 1. The van der Waals surface area contributed by atoms with Crippen LogP contribution in [0, 0.1) is 6.92 Å². The number of nitrogens with zero attached hydrogens (tertiary/aromatic N) is 1. The Morgan fingerprint density at radius 3 is 2.55 bits per heavy atom. The van der Waals surface area contributed by atoms with Crippen molar-refractivity contribution < 1.29 is 23.8 Å². The topological polar surface area (TPSA) is 80.0 Å². The Balaban J connectivity index is 0.00000187. The lowest BCUT2D eigenvalue weighted by Gasteiger charge is -2.19. The van der Waals surface area contributed by atoms with Crippen molar-refractivity contribution in [2.45, 2.75) is 47.1 Å². The van der Waals surface area contributed by atoms with Crippen LogP contribution < -0.4 is 4.74 Å². The molecule has 1 N–H and O–H groups in total. The zero-order valence-corrected chi connectivity index (χ0v) is 20.1. The molecule has 6 heteroatoms. The first kappa shape index (κ1) is 25.7. The molecule has 0 unspecified atom stereocenters. The number of benzene rings is 2. The van der Waals surface area contributed by atoms with Gasteiger partial charge in [-0.2, -0.15) is 0 Å². The number of hydrogen-bond donors (Lipinski definition) is 1. The summed E-state index contributed by atoms with van der Waals surface area (Å²) in [5.74, 6) is 0.616. The number of fused-ring (bicyclic) bond motifs is 1. The summed E-state index contributed by atoms with van der Waals surface area (Å²) < 4.78 is 11.5. The van der Waals surface area contributed by atoms with Crippen molar-refractivity contribution in [3.05, 3.63) is 77.1 Å². The molecule has 0 aliphatic heterocycles. The number of carboxylic acids is 1. The number of para-hydroxylation sites is 1. The summed E-state index contributed by atoms with van der Waals surface area (Å²) in [5.41, 5.74) is 3.24. The fourth-order valence-corrected chi connectivity index (χ4v) is 3.31. The maximum Gasteiger partial charge on any atom is 0.303 e. The van der Waals surface area contributed by atoms with Gasteiger partial charge in [0.2, 0.25) is 0 Å². The van der Waals surface area contributed by atoms with E-state index in [4.69, 9.17) is 14.3 Å². The quantitative estimate of drug-likeness (QED) is 0.390. The number of rotatable bonds is 9. The van der Waals surface area contributed by atoms with E-state index >= 15 is 0 Å². The van der Waals surface area contributed by atoms with Crippen molar-refractivity contribution >= 4 is 22.8 Å². The Hall–Kier alpha value is -3.54. The molecular weight excluding hydrogens is 418 g/mol. The van der Waals surface area contributed by atoms with E-state index in [0.29, 0.717) is 30.9 Å². The second-order valence-corrected chi connectivity index (χ2v) is 7.63. The molecule has 0 saturated heterocycles. The second-order valence-electron chi connectivity index (χ2n) is 7.63. The lowest BCUT2D eigenvalue weighted by molar-refractivity contribution is -0.136. The van der Waals surface area contributed by atoms with Crippen LogP contribution in [0.3, 0.4) is 0 Å². The lowest BCUT2D eigenvalue weighted by Crippen LogP contribution is -2.26. The van der Waals surface area contributed by atoms with Gasteiger partial charge in [0, 0.05) is 36.5 Å². The molecule has 3 aromatic rings. The van der Waals surface area contributed by atoms with Gasteiger partial charge in [0.25, 0.3) is 5.91 Å². The van der Waals surface area contributed by atoms with Gasteiger partial charge >= 0.3 is 5.97 Å². The van der Waals surface area contributed by atoms with Crippen molar-refractivity contribution in [1.82, 2.24) is 4.90 Å². The smallest absolute Gasteiger partial charge is 0.303 e.